The van der Waals surface area contributed by atoms with Crippen LogP contribution in [0.2, 0.25) is 0 Å². The number of para-hydroxylation sites is 1. The highest BCUT2D eigenvalue weighted by Crippen LogP contribution is 2.24. The molecule has 0 radical (unpaired) electrons. The summed E-state index contributed by atoms with van der Waals surface area (Å²) < 4.78 is 0. The molecular weight excluding hydrogens is 332 g/mol. The Bertz CT molecular complexity index is 972. The van der Waals surface area contributed by atoms with Crippen molar-refractivity contribution < 1.29 is 9.72 Å². The van der Waals surface area contributed by atoms with Crippen LogP contribution < -0.4 is 10.6 Å². The quantitative estimate of drug-likeness (QED) is 0.526. The van der Waals surface area contributed by atoms with Crippen molar-refractivity contribution in [2.75, 3.05) is 18.9 Å². The van der Waals surface area contributed by atoms with E-state index in [4.69, 9.17) is 0 Å². The second kappa shape index (κ2) is 7.60. The van der Waals surface area contributed by atoms with Crippen molar-refractivity contribution in [1.82, 2.24) is 10.3 Å². The number of carbonyl (C=O) groups excluding carboxylic acids is 1. The molecule has 0 saturated heterocycles. The third-order valence-corrected chi connectivity index (χ3v) is 4.05. The maximum absolute atomic E-state index is 12.2. The average molecular weight is 350 g/mol. The Kier molecular flexibility index (Phi) is 5.07. The zero-order valence-corrected chi connectivity index (χ0v) is 14.2. The summed E-state index contributed by atoms with van der Waals surface area (Å²) in [7, 11) is 1.60. The average Bonchev–Trinajstić information content (AvgIpc) is 2.67. The normalized spacial score (nSPS) is 10.5. The molecule has 132 valence electrons. The van der Waals surface area contributed by atoms with Gasteiger partial charge in [-0.1, -0.05) is 24.3 Å². The lowest BCUT2D eigenvalue weighted by Crippen LogP contribution is -2.26. The fourth-order valence-electron chi connectivity index (χ4n) is 2.69. The molecule has 26 heavy (non-hydrogen) atoms. The van der Waals surface area contributed by atoms with Crippen molar-refractivity contribution >= 4 is 28.2 Å². The molecule has 1 aromatic heterocycles. The van der Waals surface area contributed by atoms with Gasteiger partial charge in [-0.2, -0.15) is 0 Å². The number of amides is 1. The van der Waals surface area contributed by atoms with Crippen LogP contribution in [0.4, 0.5) is 11.4 Å². The fourth-order valence-corrected chi connectivity index (χ4v) is 2.69. The number of anilines is 1. The van der Waals surface area contributed by atoms with Gasteiger partial charge < -0.3 is 10.6 Å². The first-order valence-electron chi connectivity index (χ1n) is 8.17. The van der Waals surface area contributed by atoms with Crippen molar-refractivity contribution in [3.05, 3.63) is 76.0 Å². The Morgan fingerprint density at radius 3 is 2.73 bits per heavy atom. The minimum Gasteiger partial charge on any atom is -0.383 e. The van der Waals surface area contributed by atoms with E-state index in [1.54, 1.807) is 13.1 Å². The number of nitrogens with one attached hydrogen (secondary N) is 2. The van der Waals surface area contributed by atoms with Gasteiger partial charge in [0.05, 0.1) is 10.4 Å². The zero-order valence-electron chi connectivity index (χ0n) is 14.2. The van der Waals surface area contributed by atoms with Gasteiger partial charge in [-0.25, -0.2) is 0 Å². The second-order valence-electron chi connectivity index (χ2n) is 5.74. The number of hydrogen-bond donors (Lipinski definition) is 2. The van der Waals surface area contributed by atoms with E-state index in [-0.39, 0.29) is 17.2 Å². The van der Waals surface area contributed by atoms with E-state index >= 15 is 0 Å². The number of fused-ring (bicyclic) bond motifs is 1. The molecule has 3 rings (SSSR count). The Morgan fingerprint density at radius 1 is 1.15 bits per heavy atom. The van der Waals surface area contributed by atoms with Crippen LogP contribution in [0.5, 0.6) is 0 Å². The molecule has 0 aliphatic rings. The number of aromatic nitrogens is 1. The predicted molar refractivity (Wildman–Crippen MR) is 100 cm³/mol. The molecule has 7 heteroatoms. The lowest BCUT2D eigenvalue weighted by atomic mass is 10.1. The number of benzene rings is 2. The van der Waals surface area contributed by atoms with Gasteiger partial charge in [-0.3, -0.25) is 19.9 Å². The van der Waals surface area contributed by atoms with Crippen molar-refractivity contribution in [3.8, 4) is 0 Å². The first kappa shape index (κ1) is 17.3. The van der Waals surface area contributed by atoms with E-state index in [1.165, 1.54) is 12.1 Å². The molecule has 1 amide bonds. The van der Waals surface area contributed by atoms with Gasteiger partial charge in [0.25, 0.3) is 11.6 Å². The molecule has 0 fully saturated rings. The minimum atomic E-state index is -0.512. The van der Waals surface area contributed by atoms with Crippen LogP contribution in [0.3, 0.4) is 0 Å². The molecule has 7 nitrogen and oxygen atoms in total. The van der Waals surface area contributed by atoms with E-state index < -0.39 is 4.92 Å². The molecule has 0 aliphatic heterocycles. The van der Waals surface area contributed by atoms with E-state index in [9.17, 15) is 14.9 Å². The van der Waals surface area contributed by atoms with Crippen molar-refractivity contribution in [3.63, 3.8) is 0 Å². The van der Waals surface area contributed by atoms with Gasteiger partial charge in [0.2, 0.25) is 0 Å². The van der Waals surface area contributed by atoms with Crippen LogP contribution in [0, 0.1) is 10.1 Å². The Labute approximate surface area is 150 Å². The number of pyridine rings is 1. The van der Waals surface area contributed by atoms with Crippen molar-refractivity contribution in [2.24, 2.45) is 0 Å². The minimum absolute atomic E-state index is 0.128. The summed E-state index contributed by atoms with van der Waals surface area (Å²) in [5, 5.41) is 17.7. The first-order valence-corrected chi connectivity index (χ1v) is 8.17. The maximum atomic E-state index is 12.2. The highest BCUT2D eigenvalue weighted by molar-refractivity contribution is 5.95. The van der Waals surface area contributed by atoms with Gasteiger partial charge in [-0.05, 0) is 24.3 Å². The summed E-state index contributed by atoms with van der Waals surface area (Å²) in [6, 6.07) is 16.1. The van der Waals surface area contributed by atoms with Crippen molar-refractivity contribution in [1.29, 1.82) is 0 Å². The van der Waals surface area contributed by atoms with Crippen LogP contribution in [-0.4, -0.2) is 29.4 Å². The van der Waals surface area contributed by atoms with E-state index in [1.807, 2.05) is 36.4 Å². The van der Waals surface area contributed by atoms with Crippen LogP contribution in [0.15, 0.2) is 54.6 Å². The number of rotatable bonds is 6. The van der Waals surface area contributed by atoms with E-state index in [0.29, 0.717) is 18.7 Å². The SMILES string of the molecule is CNc1ccc(C(=O)NCCc2ccc3ccccc3n2)cc1[N+](=O)[O-]. The van der Waals surface area contributed by atoms with Crippen LogP contribution in [-0.2, 0) is 6.42 Å². The Balaban J connectivity index is 1.64. The topological polar surface area (TPSA) is 97.2 Å². The molecule has 0 spiro atoms. The Morgan fingerprint density at radius 2 is 1.96 bits per heavy atom. The lowest BCUT2D eigenvalue weighted by molar-refractivity contribution is -0.384. The van der Waals surface area contributed by atoms with Crippen LogP contribution >= 0.6 is 0 Å². The lowest BCUT2D eigenvalue weighted by Gasteiger charge is -2.07. The third-order valence-electron chi connectivity index (χ3n) is 4.05. The third kappa shape index (κ3) is 3.77. The molecule has 0 aliphatic carbocycles. The first-order chi connectivity index (χ1) is 12.6. The smallest absolute Gasteiger partial charge is 0.293 e. The molecule has 2 aromatic carbocycles. The Hall–Kier alpha value is -3.48. The van der Waals surface area contributed by atoms with Gasteiger partial charge in [-0.15, -0.1) is 0 Å². The molecule has 1 heterocycles. The summed E-state index contributed by atoms with van der Waals surface area (Å²) in [5.41, 5.74) is 2.28. The summed E-state index contributed by atoms with van der Waals surface area (Å²) in [6.45, 7) is 0.395. The van der Waals surface area contributed by atoms with Gasteiger partial charge in [0.1, 0.15) is 5.69 Å². The summed E-state index contributed by atoms with van der Waals surface area (Å²) in [6.07, 6.45) is 0.577. The van der Waals surface area contributed by atoms with E-state index in [0.717, 1.165) is 16.6 Å². The predicted octanol–water partition coefficient (Wildman–Crippen LogP) is 3.16. The van der Waals surface area contributed by atoms with Gasteiger partial charge in [0, 0.05) is 42.7 Å². The summed E-state index contributed by atoms with van der Waals surface area (Å²) in [5.74, 6) is -0.350. The summed E-state index contributed by atoms with van der Waals surface area (Å²) in [4.78, 5) is 27.4. The maximum Gasteiger partial charge on any atom is 0.293 e. The standard InChI is InChI=1S/C19H18N4O3/c1-20-17-9-7-14(12-18(17)23(25)26)19(24)21-11-10-15-8-6-13-4-2-3-5-16(13)22-15/h2-9,12,20H,10-11H2,1H3,(H,21,24). The molecular formula is C19H18N4O3. The number of hydrogen-bond acceptors (Lipinski definition) is 5. The number of nitro groups is 1. The molecule has 0 atom stereocenters. The molecule has 0 bridgehead atoms. The summed E-state index contributed by atoms with van der Waals surface area (Å²) >= 11 is 0. The fraction of sp³-hybridized carbons (Fsp3) is 0.158. The largest absolute Gasteiger partial charge is 0.383 e. The van der Waals surface area contributed by atoms with Gasteiger partial charge >= 0.3 is 0 Å². The molecule has 0 unspecified atom stereocenters. The zero-order chi connectivity index (χ0) is 18.5. The highest BCUT2D eigenvalue weighted by atomic mass is 16.6. The number of carbonyl (C=O) groups is 1. The van der Waals surface area contributed by atoms with E-state index in [2.05, 4.69) is 15.6 Å². The number of nitro benzene ring substituents is 1. The second-order valence-corrected chi connectivity index (χ2v) is 5.74. The molecule has 0 saturated carbocycles. The van der Waals surface area contributed by atoms with Crippen LogP contribution in [0.25, 0.3) is 10.9 Å². The molecule has 2 N–H and O–H groups in total. The van der Waals surface area contributed by atoms with Crippen molar-refractivity contribution in [2.45, 2.75) is 6.42 Å². The molecule has 3 aromatic rings. The van der Waals surface area contributed by atoms with Crippen LogP contribution in [0.1, 0.15) is 16.1 Å². The van der Waals surface area contributed by atoms with Gasteiger partial charge in [0.15, 0.2) is 0 Å². The highest BCUT2D eigenvalue weighted by Gasteiger charge is 2.16. The number of nitrogens with zero attached hydrogens (tertiary/aromatic N) is 2. The monoisotopic (exact) mass is 350 g/mol.